The second-order valence-corrected chi connectivity index (χ2v) is 18.6. The van der Waals surface area contributed by atoms with Crippen LogP contribution in [0.3, 0.4) is 0 Å². The zero-order valence-corrected chi connectivity index (χ0v) is 51.0. The Bertz CT molecular complexity index is 2090. The van der Waals surface area contributed by atoms with Crippen LogP contribution in [0.1, 0.15) is 19.4 Å². The molecule has 0 saturated carbocycles. The van der Waals surface area contributed by atoms with Crippen LogP contribution in [0.15, 0.2) is 54.6 Å². The molecular weight excluding hydrogens is 1110 g/mol. The first-order valence-electron chi connectivity index (χ1n) is 30.3. The molecule has 0 aromatic heterocycles. The Morgan fingerprint density at radius 3 is 1.02 bits per heavy atom. The summed E-state index contributed by atoms with van der Waals surface area (Å²) in [6, 6.07) is 19.6. The fourth-order valence-corrected chi connectivity index (χ4v) is 8.02. The van der Waals surface area contributed by atoms with Crippen LogP contribution in [-0.2, 0) is 111 Å². The molecule has 486 valence electrons. The second kappa shape index (κ2) is 54.7. The number of hydrogen-bond donors (Lipinski definition) is 1. The predicted molar refractivity (Wildman–Crippen MR) is 319 cm³/mol. The summed E-state index contributed by atoms with van der Waals surface area (Å²) in [4.78, 5) is 12.6. The molecule has 0 radical (unpaired) electrons. The van der Waals surface area contributed by atoms with Gasteiger partial charge in [-0.25, -0.2) is 0 Å². The lowest BCUT2D eigenvalue weighted by Crippen LogP contribution is -2.39. The molecule has 0 aliphatic rings. The molecule has 85 heavy (non-hydrogen) atoms. The Morgan fingerprint density at radius 1 is 0.329 bits per heavy atom. The van der Waals surface area contributed by atoms with Gasteiger partial charge >= 0.3 is 0 Å². The van der Waals surface area contributed by atoms with Gasteiger partial charge in [-0.15, -0.1) is 0 Å². The highest BCUT2D eigenvalue weighted by Crippen LogP contribution is 2.36. The summed E-state index contributed by atoms with van der Waals surface area (Å²) in [6.45, 7) is 22.4. The van der Waals surface area contributed by atoms with Gasteiger partial charge in [0.05, 0.1) is 257 Å². The molecule has 0 aliphatic heterocycles. The highest BCUT2D eigenvalue weighted by Gasteiger charge is 2.14. The van der Waals surface area contributed by atoms with E-state index in [2.05, 4.69) is 59.9 Å². The Hall–Kier alpha value is -3.45. The van der Waals surface area contributed by atoms with Crippen LogP contribution in [0.2, 0.25) is 0 Å². The van der Waals surface area contributed by atoms with E-state index >= 15 is 0 Å². The molecule has 4 aromatic carbocycles. The quantitative estimate of drug-likeness (QED) is 0.0456. The standard InChI is InChI=1S/C62H101NO22/c1-3-65-14-16-67-18-20-69-22-24-71-27-30-75-35-38-79-43-46-83-52-58(85-49-48-81-41-40-77-33-32-73-25-23-70-21-19-68-17-15-66-4-2)50-63-60(64)53-84-47-44-80-39-36-76-31-28-72-26-29-74-34-37-78-42-45-82-51-57-11-10-56-9-8-54-6-5-7-55-12-13-59(57)62(56)61(54)55/h5-13,58H,3-4,14-53H2,1-2H3,(H,63,64). The van der Waals surface area contributed by atoms with Gasteiger partial charge in [-0.05, 0) is 51.7 Å². The van der Waals surface area contributed by atoms with Gasteiger partial charge in [0.25, 0.3) is 0 Å². The Labute approximate surface area is 503 Å². The van der Waals surface area contributed by atoms with E-state index in [1.54, 1.807) is 0 Å². The van der Waals surface area contributed by atoms with Gasteiger partial charge in [-0.1, -0.05) is 54.6 Å². The lowest BCUT2D eigenvalue weighted by atomic mass is 9.92. The minimum Gasteiger partial charge on any atom is -0.379 e. The van der Waals surface area contributed by atoms with Gasteiger partial charge in [0.15, 0.2) is 0 Å². The SMILES string of the molecule is CCOCCOCCOCCOCCOCCOCCOCC(CNC(=O)COCCOCCOCCOCCOCCOCCOCc1ccc2ccc3cccc4ccc1c2c34)OCCOCCOCCOCCOCCOCCOCC. The van der Waals surface area contributed by atoms with E-state index in [-0.39, 0.29) is 32.3 Å². The molecule has 23 heteroatoms. The summed E-state index contributed by atoms with van der Waals surface area (Å²) in [7, 11) is 0. The summed E-state index contributed by atoms with van der Waals surface area (Å²) >= 11 is 0. The molecule has 0 spiro atoms. The Kier molecular flexibility index (Phi) is 47.6. The van der Waals surface area contributed by atoms with E-state index in [1.807, 2.05) is 13.8 Å². The molecule has 1 unspecified atom stereocenters. The summed E-state index contributed by atoms with van der Waals surface area (Å²) in [5.41, 5.74) is 1.18. The van der Waals surface area contributed by atoms with Crippen molar-refractivity contribution in [2.45, 2.75) is 26.6 Å². The van der Waals surface area contributed by atoms with E-state index in [4.69, 9.17) is 99.5 Å². The average molecular weight is 1210 g/mol. The zero-order chi connectivity index (χ0) is 59.8. The normalized spacial score (nSPS) is 12.3. The lowest BCUT2D eigenvalue weighted by molar-refractivity contribution is -0.127. The van der Waals surface area contributed by atoms with Crippen LogP contribution in [0.4, 0.5) is 0 Å². The molecule has 4 aromatic rings. The van der Waals surface area contributed by atoms with Gasteiger partial charge in [0.1, 0.15) is 6.61 Å². The monoisotopic (exact) mass is 1210 g/mol. The number of rotatable bonds is 65. The fraction of sp³-hybridized carbons (Fsp3) is 0.726. The van der Waals surface area contributed by atoms with Crippen LogP contribution < -0.4 is 5.32 Å². The van der Waals surface area contributed by atoms with Gasteiger partial charge < -0.3 is 105 Å². The van der Waals surface area contributed by atoms with Crippen molar-refractivity contribution in [2.24, 2.45) is 0 Å². The zero-order valence-electron chi connectivity index (χ0n) is 51.0. The molecule has 4 rings (SSSR count). The van der Waals surface area contributed by atoms with Crippen molar-refractivity contribution in [1.82, 2.24) is 5.32 Å². The fourth-order valence-electron chi connectivity index (χ4n) is 8.02. The first-order chi connectivity index (χ1) is 42.2. The van der Waals surface area contributed by atoms with Crippen LogP contribution >= 0.6 is 0 Å². The highest BCUT2D eigenvalue weighted by atomic mass is 16.6. The maximum atomic E-state index is 12.6. The summed E-state index contributed by atoms with van der Waals surface area (Å²) in [5, 5.41) is 10.5. The molecule has 0 bridgehead atoms. The van der Waals surface area contributed by atoms with Crippen LogP contribution in [0.25, 0.3) is 32.3 Å². The minimum absolute atomic E-state index is 0.128. The first-order valence-corrected chi connectivity index (χ1v) is 30.3. The minimum atomic E-state index is -0.431. The molecule has 1 amide bonds. The van der Waals surface area contributed by atoms with Crippen molar-refractivity contribution in [3.05, 3.63) is 60.2 Å². The summed E-state index contributed by atoms with van der Waals surface area (Å²) < 4.78 is 117. The first kappa shape index (κ1) is 74.0. The molecule has 0 heterocycles. The topological polar surface area (TPSA) is 223 Å². The third kappa shape index (κ3) is 38.5. The van der Waals surface area contributed by atoms with Gasteiger partial charge in [0, 0.05) is 19.8 Å². The van der Waals surface area contributed by atoms with Gasteiger partial charge in [0.2, 0.25) is 5.91 Å². The summed E-state index contributed by atoms with van der Waals surface area (Å²) in [6.07, 6.45) is -0.431. The molecule has 23 nitrogen and oxygen atoms in total. The molecule has 1 atom stereocenters. The number of benzene rings is 4. The third-order valence-electron chi connectivity index (χ3n) is 12.3. The number of hydrogen-bond acceptors (Lipinski definition) is 22. The van der Waals surface area contributed by atoms with E-state index in [0.717, 1.165) is 0 Å². The Balaban J connectivity index is 0.916. The molecule has 1 N–H and O–H groups in total. The largest absolute Gasteiger partial charge is 0.379 e. The maximum absolute atomic E-state index is 12.6. The molecule has 0 fully saturated rings. The predicted octanol–water partition coefficient (Wildman–Crippen LogP) is 4.96. The van der Waals surface area contributed by atoms with E-state index < -0.39 is 6.10 Å². The lowest BCUT2D eigenvalue weighted by Gasteiger charge is -2.19. The number of nitrogens with one attached hydrogen (secondary N) is 1. The van der Waals surface area contributed by atoms with Crippen LogP contribution in [0.5, 0.6) is 0 Å². The molecule has 0 saturated heterocycles. The van der Waals surface area contributed by atoms with Crippen molar-refractivity contribution in [2.75, 3.05) is 271 Å². The van der Waals surface area contributed by atoms with Crippen molar-refractivity contribution < 1.29 is 104 Å². The smallest absolute Gasteiger partial charge is 0.246 e. The van der Waals surface area contributed by atoms with Crippen molar-refractivity contribution in [1.29, 1.82) is 0 Å². The van der Waals surface area contributed by atoms with E-state index in [9.17, 15) is 4.79 Å². The van der Waals surface area contributed by atoms with Crippen molar-refractivity contribution >= 4 is 38.2 Å². The Morgan fingerprint density at radius 2 is 0.635 bits per heavy atom. The highest BCUT2D eigenvalue weighted by molar-refractivity contribution is 6.23. The summed E-state index contributed by atoms with van der Waals surface area (Å²) in [5.74, 6) is -0.287. The van der Waals surface area contributed by atoms with Crippen molar-refractivity contribution in [3.8, 4) is 0 Å². The van der Waals surface area contributed by atoms with E-state index in [0.29, 0.717) is 251 Å². The number of carbonyl (C=O) groups is 1. The molecule has 0 aliphatic carbocycles. The second-order valence-electron chi connectivity index (χ2n) is 18.6. The number of amides is 1. The van der Waals surface area contributed by atoms with Crippen LogP contribution in [-0.4, -0.2) is 283 Å². The molecular formula is C62H101NO22. The van der Waals surface area contributed by atoms with Gasteiger partial charge in [-0.2, -0.15) is 0 Å². The maximum Gasteiger partial charge on any atom is 0.246 e. The van der Waals surface area contributed by atoms with Gasteiger partial charge in [-0.3, -0.25) is 4.79 Å². The van der Waals surface area contributed by atoms with Crippen LogP contribution in [0, 0.1) is 0 Å². The van der Waals surface area contributed by atoms with Crippen molar-refractivity contribution in [3.63, 3.8) is 0 Å². The average Bonchev–Trinajstić information content (AvgIpc) is 1.06. The number of ether oxygens (including phenoxy) is 21. The number of carbonyl (C=O) groups excluding carboxylic acids is 1. The third-order valence-corrected chi connectivity index (χ3v) is 12.3. The van der Waals surface area contributed by atoms with E-state index in [1.165, 1.54) is 37.9 Å².